The summed E-state index contributed by atoms with van der Waals surface area (Å²) in [7, 11) is 0. The summed E-state index contributed by atoms with van der Waals surface area (Å²) in [5.74, 6) is 0. The third-order valence-corrected chi connectivity index (χ3v) is 3.06. The quantitative estimate of drug-likeness (QED) is 0.548. The highest BCUT2D eigenvalue weighted by molar-refractivity contribution is 5.78. The zero-order valence-electron chi connectivity index (χ0n) is 8.53. The Morgan fingerprint density at radius 1 is 0.933 bits per heavy atom. The van der Waals surface area contributed by atoms with Gasteiger partial charge in [-0.25, -0.2) is 0 Å². The van der Waals surface area contributed by atoms with E-state index < -0.39 is 0 Å². The fraction of sp³-hybridized carbons (Fsp3) is 0.0667. The van der Waals surface area contributed by atoms with Crippen LogP contribution in [0.25, 0.3) is 17.2 Å². The van der Waals surface area contributed by atoms with Crippen molar-refractivity contribution in [1.82, 2.24) is 0 Å². The Bertz CT molecular complexity index is 535. The molecular weight excluding hydrogens is 180 g/mol. The first kappa shape index (κ1) is 8.49. The molecule has 15 heavy (non-hydrogen) atoms. The second-order valence-corrected chi connectivity index (χ2v) is 3.95. The van der Waals surface area contributed by atoms with Gasteiger partial charge in [0.15, 0.2) is 0 Å². The molecule has 2 aromatic rings. The van der Waals surface area contributed by atoms with E-state index in [0.717, 1.165) is 6.42 Å². The van der Waals surface area contributed by atoms with Crippen molar-refractivity contribution in [2.24, 2.45) is 0 Å². The van der Waals surface area contributed by atoms with Crippen molar-refractivity contribution in [3.05, 3.63) is 65.7 Å². The number of rotatable bonds is 1. The largest absolute Gasteiger partial charge is 0.0985 e. The number of benzene rings is 2. The molecule has 0 heteroatoms. The van der Waals surface area contributed by atoms with Gasteiger partial charge in [0.2, 0.25) is 0 Å². The Morgan fingerprint density at radius 3 is 2.60 bits per heavy atom. The molecule has 0 aromatic heterocycles. The summed E-state index contributed by atoms with van der Waals surface area (Å²) in [6, 6.07) is 15.2. The first-order valence-corrected chi connectivity index (χ1v) is 5.22. The minimum Gasteiger partial charge on any atom is -0.0985 e. The van der Waals surface area contributed by atoms with Crippen molar-refractivity contribution < 1.29 is 0 Å². The van der Waals surface area contributed by atoms with Gasteiger partial charge in [-0.1, -0.05) is 49.1 Å². The SMILES string of the molecule is C=Cc1ccc2c(c1)-c1ccccc1C2. The Balaban J connectivity index is 2.26. The molecule has 0 heterocycles. The fourth-order valence-electron chi connectivity index (χ4n) is 2.27. The first-order valence-electron chi connectivity index (χ1n) is 5.22. The van der Waals surface area contributed by atoms with Crippen LogP contribution in [-0.4, -0.2) is 0 Å². The maximum absolute atomic E-state index is 3.81. The zero-order chi connectivity index (χ0) is 10.3. The molecule has 0 bridgehead atoms. The van der Waals surface area contributed by atoms with E-state index >= 15 is 0 Å². The lowest BCUT2D eigenvalue weighted by molar-refractivity contribution is 1.26. The molecule has 0 aliphatic heterocycles. The lowest BCUT2D eigenvalue weighted by atomic mass is 10.0. The molecule has 0 radical (unpaired) electrons. The van der Waals surface area contributed by atoms with Crippen molar-refractivity contribution in [2.45, 2.75) is 6.42 Å². The minimum absolute atomic E-state index is 1.07. The highest BCUT2D eigenvalue weighted by atomic mass is 14.2. The smallest absolute Gasteiger partial charge is 0.00134 e. The normalized spacial score (nSPS) is 12.0. The van der Waals surface area contributed by atoms with E-state index in [1.165, 1.54) is 27.8 Å². The van der Waals surface area contributed by atoms with Crippen molar-refractivity contribution in [1.29, 1.82) is 0 Å². The third-order valence-electron chi connectivity index (χ3n) is 3.06. The monoisotopic (exact) mass is 192 g/mol. The fourth-order valence-corrected chi connectivity index (χ4v) is 2.27. The standard InChI is InChI=1S/C15H12/c1-2-11-7-8-13-10-12-5-3-4-6-14(12)15(13)9-11/h2-9H,1,10H2. The molecule has 0 N–H and O–H groups in total. The Morgan fingerprint density at radius 2 is 1.73 bits per heavy atom. The molecule has 3 rings (SSSR count). The van der Waals surface area contributed by atoms with E-state index in [1.807, 2.05) is 6.08 Å². The molecule has 0 fully saturated rings. The average molecular weight is 192 g/mol. The second kappa shape index (κ2) is 3.09. The molecule has 0 spiro atoms. The summed E-state index contributed by atoms with van der Waals surface area (Å²) in [6.07, 6.45) is 2.98. The first-order chi connectivity index (χ1) is 7.38. The lowest BCUT2D eigenvalue weighted by Gasteiger charge is -2.01. The molecule has 2 aromatic carbocycles. The highest BCUT2D eigenvalue weighted by Crippen LogP contribution is 2.36. The van der Waals surface area contributed by atoms with Gasteiger partial charge in [0.05, 0.1) is 0 Å². The van der Waals surface area contributed by atoms with E-state index in [4.69, 9.17) is 0 Å². The van der Waals surface area contributed by atoms with Gasteiger partial charge < -0.3 is 0 Å². The topological polar surface area (TPSA) is 0 Å². The summed E-state index contributed by atoms with van der Waals surface area (Å²) in [5, 5.41) is 0. The molecule has 0 atom stereocenters. The third kappa shape index (κ3) is 1.22. The summed E-state index contributed by atoms with van der Waals surface area (Å²) in [4.78, 5) is 0. The van der Waals surface area contributed by atoms with Crippen LogP contribution in [0.2, 0.25) is 0 Å². The second-order valence-electron chi connectivity index (χ2n) is 3.95. The Hall–Kier alpha value is -1.82. The molecule has 72 valence electrons. The predicted octanol–water partition coefficient (Wildman–Crippen LogP) is 3.90. The van der Waals surface area contributed by atoms with E-state index in [2.05, 4.69) is 49.0 Å². The van der Waals surface area contributed by atoms with E-state index in [-0.39, 0.29) is 0 Å². The predicted molar refractivity (Wildman–Crippen MR) is 64.8 cm³/mol. The van der Waals surface area contributed by atoms with Crippen LogP contribution in [0.5, 0.6) is 0 Å². The minimum atomic E-state index is 1.07. The number of hydrogen-bond donors (Lipinski definition) is 0. The van der Waals surface area contributed by atoms with Crippen molar-refractivity contribution in [3.8, 4) is 11.1 Å². The van der Waals surface area contributed by atoms with Gasteiger partial charge in [0.25, 0.3) is 0 Å². The molecule has 1 aliphatic rings. The van der Waals surface area contributed by atoms with Crippen molar-refractivity contribution >= 4 is 6.08 Å². The number of hydrogen-bond acceptors (Lipinski definition) is 0. The van der Waals surface area contributed by atoms with E-state index in [9.17, 15) is 0 Å². The van der Waals surface area contributed by atoms with Gasteiger partial charge in [-0.15, -0.1) is 0 Å². The Kier molecular flexibility index (Phi) is 1.75. The van der Waals surface area contributed by atoms with Gasteiger partial charge >= 0.3 is 0 Å². The molecule has 0 saturated heterocycles. The van der Waals surface area contributed by atoms with Gasteiger partial charge in [-0.2, -0.15) is 0 Å². The average Bonchev–Trinajstić information content (AvgIpc) is 2.66. The van der Waals surface area contributed by atoms with Crippen LogP contribution < -0.4 is 0 Å². The van der Waals surface area contributed by atoms with Gasteiger partial charge in [0, 0.05) is 0 Å². The van der Waals surface area contributed by atoms with E-state index in [0.29, 0.717) is 0 Å². The van der Waals surface area contributed by atoms with Crippen molar-refractivity contribution in [2.75, 3.05) is 0 Å². The highest BCUT2D eigenvalue weighted by Gasteiger charge is 2.16. The lowest BCUT2D eigenvalue weighted by Crippen LogP contribution is -1.80. The molecule has 0 amide bonds. The van der Waals surface area contributed by atoms with Gasteiger partial charge in [-0.05, 0) is 40.3 Å². The molecule has 0 saturated carbocycles. The summed E-state index contributed by atoms with van der Waals surface area (Å²) >= 11 is 0. The zero-order valence-corrected chi connectivity index (χ0v) is 8.53. The van der Waals surface area contributed by atoms with Crippen LogP contribution in [0.15, 0.2) is 49.0 Å². The molecule has 1 aliphatic carbocycles. The molecular formula is C15H12. The summed E-state index contributed by atoms with van der Waals surface area (Å²) in [5.41, 5.74) is 6.83. The van der Waals surface area contributed by atoms with Crippen LogP contribution >= 0.6 is 0 Å². The summed E-state index contributed by atoms with van der Waals surface area (Å²) < 4.78 is 0. The van der Waals surface area contributed by atoms with E-state index in [1.54, 1.807) is 0 Å². The van der Waals surface area contributed by atoms with Gasteiger partial charge in [0.1, 0.15) is 0 Å². The number of fused-ring (bicyclic) bond motifs is 3. The van der Waals surface area contributed by atoms with Crippen LogP contribution in [0, 0.1) is 0 Å². The van der Waals surface area contributed by atoms with Crippen LogP contribution in [0.3, 0.4) is 0 Å². The van der Waals surface area contributed by atoms with Crippen LogP contribution in [-0.2, 0) is 6.42 Å². The maximum atomic E-state index is 3.81. The van der Waals surface area contributed by atoms with Gasteiger partial charge in [-0.3, -0.25) is 0 Å². The maximum Gasteiger partial charge on any atom is -0.00134 e. The van der Waals surface area contributed by atoms with Crippen LogP contribution in [0.1, 0.15) is 16.7 Å². The van der Waals surface area contributed by atoms with Crippen LogP contribution in [0.4, 0.5) is 0 Å². The van der Waals surface area contributed by atoms with Crippen molar-refractivity contribution in [3.63, 3.8) is 0 Å². The Labute approximate surface area is 89.9 Å². The molecule has 0 unspecified atom stereocenters. The summed E-state index contributed by atoms with van der Waals surface area (Å²) in [6.45, 7) is 3.81. The molecule has 0 nitrogen and oxygen atoms in total.